The van der Waals surface area contributed by atoms with E-state index in [1.807, 2.05) is 12.1 Å². The van der Waals surface area contributed by atoms with Gasteiger partial charge in [0.15, 0.2) is 5.82 Å². The van der Waals surface area contributed by atoms with Crippen molar-refractivity contribution >= 4 is 17.2 Å². The largest absolute Gasteiger partial charge is 0.508 e. The van der Waals surface area contributed by atoms with Crippen LogP contribution in [0.5, 0.6) is 5.75 Å². The smallest absolute Gasteiger partial charge is 0.154 e. The molecular weight excluding hydrogens is 414 g/mol. The standard InChI is InChI=1S/C27H27N3OS/c1-18(7-5-10-19-8-3-2-4-9-19)28-27-26(24-11-6-16-32-24)30-25-22-14-13-21(31)17-20(22)12-15-23(25)29-27/h2-4,6,8-9,11,13-14,16-18,31H,5,7,10,12,15H2,1H3,(H,28,29). The van der Waals surface area contributed by atoms with Crippen molar-refractivity contribution in [2.45, 2.75) is 45.1 Å². The zero-order chi connectivity index (χ0) is 21.9. The van der Waals surface area contributed by atoms with E-state index in [2.05, 4.69) is 60.1 Å². The molecule has 0 fully saturated rings. The van der Waals surface area contributed by atoms with Crippen LogP contribution in [0.4, 0.5) is 5.82 Å². The van der Waals surface area contributed by atoms with Crippen molar-refractivity contribution in [2.24, 2.45) is 0 Å². The van der Waals surface area contributed by atoms with Crippen LogP contribution in [0.3, 0.4) is 0 Å². The van der Waals surface area contributed by atoms with Gasteiger partial charge >= 0.3 is 0 Å². The number of phenols is 1. The first-order valence-corrected chi connectivity index (χ1v) is 12.1. The minimum atomic E-state index is 0.303. The Bertz CT molecular complexity index is 1210. The molecule has 0 amide bonds. The SMILES string of the molecule is CC(CCCc1ccccc1)Nc1nc2c(nc1-c1cccs1)-c1ccc(O)cc1CC2. The Morgan fingerprint density at radius 3 is 2.69 bits per heavy atom. The Morgan fingerprint density at radius 2 is 1.88 bits per heavy atom. The van der Waals surface area contributed by atoms with E-state index in [0.29, 0.717) is 11.8 Å². The third-order valence-electron chi connectivity index (χ3n) is 6.03. The number of hydrogen-bond donors (Lipinski definition) is 2. The minimum absolute atomic E-state index is 0.303. The third-order valence-corrected chi connectivity index (χ3v) is 6.90. The van der Waals surface area contributed by atoms with Crippen molar-refractivity contribution in [1.29, 1.82) is 0 Å². The number of anilines is 1. The number of aryl methyl sites for hydroxylation is 3. The summed E-state index contributed by atoms with van der Waals surface area (Å²) >= 11 is 1.68. The number of benzene rings is 2. The van der Waals surface area contributed by atoms with Crippen LogP contribution in [0.2, 0.25) is 0 Å². The molecule has 1 aliphatic rings. The number of rotatable bonds is 7. The maximum Gasteiger partial charge on any atom is 0.154 e. The van der Waals surface area contributed by atoms with E-state index < -0.39 is 0 Å². The third kappa shape index (κ3) is 4.39. The molecule has 0 saturated carbocycles. The summed E-state index contributed by atoms with van der Waals surface area (Å²) in [5, 5.41) is 15.6. The molecule has 2 aromatic carbocycles. The highest BCUT2D eigenvalue weighted by molar-refractivity contribution is 7.13. The normalized spacial score (nSPS) is 13.3. The summed E-state index contributed by atoms with van der Waals surface area (Å²) in [6, 6.07) is 20.7. The number of hydrogen-bond acceptors (Lipinski definition) is 5. The van der Waals surface area contributed by atoms with Crippen molar-refractivity contribution < 1.29 is 5.11 Å². The molecule has 32 heavy (non-hydrogen) atoms. The quantitative estimate of drug-likeness (QED) is 0.344. The van der Waals surface area contributed by atoms with Gasteiger partial charge in [-0.1, -0.05) is 36.4 Å². The molecule has 2 N–H and O–H groups in total. The molecule has 162 valence electrons. The summed E-state index contributed by atoms with van der Waals surface area (Å²) in [7, 11) is 0. The van der Waals surface area contributed by atoms with Gasteiger partial charge in [0.2, 0.25) is 0 Å². The molecule has 0 spiro atoms. The average molecular weight is 442 g/mol. The molecule has 5 rings (SSSR count). The molecule has 0 aliphatic heterocycles. The fourth-order valence-electron chi connectivity index (χ4n) is 4.38. The molecule has 2 aromatic heterocycles. The summed E-state index contributed by atoms with van der Waals surface area (Å²) in [4.78, 5) is 11.3. The van der Waals surface area contributed by atoms with Crippen LogP contribution in [-0.4, -0.2) is 21.1 Å². The lowest BCUT2D eigenvalue weighted by molar-refractivity contribution is 0.474. The minimum Gasteiger partial charge on any atom is -0.508 e. The average Bonchev–Trinajstić information content (AvgIpc) is 3.34. The van der Waals surface area contributed by atoms with Crippen LogP contribution in [0.15, 0.2) is 66.0 Å². The lowest BCUT2D eigenvalue weighted by Gasteiger charge is -2.22. The van der Waals surface area contributed by atoms with E-state index in [1.54, 1.807) is 17.4 Å². The molecule has 2 heterocycles. The lowest BCUT2D eigenvalue weighted by Crippen LogP contribution is -2.19. The first kappa shape index (κ1) is 20.7. The summed E-state index contributed by atoms with van der Waals surface area (Å²) in [5.74, 6) is 1.18. The number of thiophene rings is 1. The highest BCUT2D eigenvalue weighted by Gasteiger charge is 2.23. The molecule has 0 radical (unpaired) electrons. The van der Waals surface area contributed by atoms with Gasteiger partial charge in [-0.2, -0.15) is 0 Å². The second-order valence-corrected chi connectivity index (χ2v) is 9.41. The summed E-state index contributed by atoms with van der Waals surface area (Å²) in [6.45, 7) is 2.22. The molecular formula is C27H27N3OS. The first-order chi connectivity index (χ1) is 15.7. The molecule has 5 heteroatoms. The second kappa shape index (κ2) is 9.13. The number of fused-ring (bicyclic) bond motifs is 3. The number of aromatic nitrogens is 2. The Morgan fingerprint density at radius 1 is 1.00 bits per heavy atom. The van der Waals surface area contributed by atoms with Crippen molar-refractivity contribution in [2.75, 3.05) is 5.32 Å². The van der Waals surface area contributed by atoms with Crippen molar-refractivity contribution in [1.82, 2.24) is 9.97 Å². The van der Waals surface area contributed by atoms with Gasteiger partial charge in [0, 0.05) is 11.6 Å². The Hall–Kier alpha value is -3.18. The topological polar surface area (TPSA) is 58.0 Å². The summed E-state index contributed by atoms with van der Waals surface area (Å²) < 4.78 is 0. The Labute approximate surface area is 193 Å². The molecule has 4 aromatic rings. The molecule has 1 atom stereocenters. The number of aromatic hydroxyl groups is 1. The zero-order valence-corrected chi connectivity index (χ0v) is 19.0. The summed E-state index contributed by atoms with van der Waals surface area (Å²) in [6.07, 6.45) is 4.99. The fourth-order valence-corrected chi connectivity index (χ4v) is 5.09. The number of nitrogens with one attached hydrogen (secondary N) is 1. The predicted octanol–water partition coefficient (Wildman–Crippen LogP) is 6.50. The van der Waals surface area contributed by atoms with Gasteiger partial charge in [-0.3, -0.25) is 0 Å². The zero-order valence-electron chi connectivity index (χ0n) is 18.2. The van der Waals surface area contributed by atoms with Crippen molar-refractivity contribution in [3.05, 3.63) is 82.9 Å². The molecule has 1 aliphatic carbocycles. The van der Waals surface area contributed by atoms with Crippen molar-refractivity contribution in [3.8, 4) is 27.6 Å². The van der Waals surface area contributed by atoms with Gasteiger partial charge in [-0.25, -0.2) is 9.97 Å². The molecule has 0 saturated heterocycles. The van der Waals surface area contributed by atoms with Gasteiger partial charge in [0.1, 0.15) is 11.4 Å². The molecule has 1 unspecified atom stereocenters. The predicted molar refractivity (Wildman–Crippen MR) is 132 cm³/mol. The van der Waals surface area contributed by atoms with E-state index in [4.69, 9.17) is 9.97 Å². The molecule has 0 bridgehead atoms. The van der Waals surface area contributed by atoms with E-state index in [-0.39, 0.29) is 0 Å². The first-order valence-electron chi connectivity index (χ1n) is 11.2. The maximum atomic E-state index is 9.88. The van der Waals surface area contributed by atoms with E-state index in [1.165, 1.54) is 5.56 Å². The van der Waals surface area contributed by atoms with Gasteiger partial charge in [0.25, 0.3) is 0 Å². The van der Waals surface area contributed by atoms with E-state index in [0.717, 1.165) is 71.0 Å². The highest BCUT2D eigenvalue weighted by atomic mass is 32.1. The number of phenolic OH excluding ortho intramolecular Hbond substituents is 1. The van der Waals surface area contributed by atoms with Crippen molar-refractivity contribution in [3.63, 3.8) is 0 Å². The maximum absolute atomic E-state index is 9.88. The van der Waals surface area contributed by atoms with Gasteiger partial charge in [-0.05, 0) is 79.8 Å². The van der Waals surface area contributed by atoms with Crippen LogP contribution in [0.25, 0.3) is 21.8 Å². The van der Waals surface area contributed by atoms with Gasteiger partial charge in [-0.15, -0.1) is 11.3 Å². The lowest BCUT2D eigenvalue weighted by atomic mass is 9.91. The number of nitrogens with zero attached hydrogens (tertiary/aromatic N) is 2. The van der Waals surface area contributed by atoms with E-state index >= 15 is 0 Å². The van der Waals surface area contributed by atoms with Crippen LogP contribution in [-0.2, 0) is 19.3 Å². The van der Waals surface area contributed by atoms with Crippen LogP contribution in [0.1, 0.15) is 36.6 Å². The van der Waals surface area contributed by atoms with Gasteiger partial charge < -0.3 is 10.4 Å². The monoisotopic (exact) mass is 441 g/mol. The fraction of sp³-hybridized carbons (Fsp3) is 0.259. The van der Waals surface area contributed by atoms with Crippen LogP contribution >= 0.6 is 11.3 Å². The highest BCUT2D eigenvalue weighted by Crippen LogP contribution is 2.38. The van der Waals surface area contributed by atoms with Gasteiger partial charge in [0.05, 0.1) is 16.3 Å². The second-order valence-electron chi connectivity index (χ2n) is 8.46. The summed E-state index contributed by atoms with van der Waals surface area (Å²) in [5.41, 5.74) is 6.49. The Balaban J connectivity index is 1.40. The Kier molecular flexibility index (Phi) is 5.91. The van der Waals surface area contributed by atoms with Crippen LogP contribution < -0.4 is 5.32 Å². The molecule has 4 nitrogen and oxygen atoms in total. The van der Waals surface area contributed by atoms with Crippen LogP contribution in [0, 0.1) is 0 Å². The van der Waals surface area contributed by atoms with E-state index in [9.17, 15) is 5.11 Å².